The Balaban J connectivity index is -0.0000000759. The summed E-state index contributed by atoms with van der Waals surface area (Å²) < 4.78 is 0. The first-order valence-electron chi connectivity index (χ1n) is 6.99. The van der Waals surface area contributed by atoms with E-state index in [0.29, 0.717) is 12.8 Å². The number of hydrogen-bond donors (Lipinski definition) is 7. The van der Waals surface area contributed by atoms with Crippen molar-refractivity contribution in [3.05, 3.63) is 38.0 Å². The minimum absolute atomic E-state index is 0.0104. The van der Waals surface area contributed by atoms with Crippen molar-refractivity contribution in [2.24, 2.45) is 5.92 Å². The van der Waals surface area contributed by atoms with Crippen LogP contribution in [-0.4, -0.2) is 80.6 Å². The topological polar surface area (TPSA) is 193 Å². The molecule has 0 bridgehead atoms. The number of hydrogen-bond acceptors (Lipinski definition) is 7. The number of rotatable bonds is 8. The summed E-state index contributed by atoms with van der Waals surface area (Å²) in [6.07, 6.45) is 3.86. The second kappa shape index (κ2) is 33.9. The van der Waals surface area contributed by atoms with Gasteiger partial charge in [-0.2, -0.15) is 0 Å². The van der Waals surface area contributed by atoms with Crippen molar-refractivity contribution in [1.29, 1.82) is 0 Å². The van der Waals surface area contributed by atoms with Crippen molar-refractivity contribution in [3.63, 3.8) is 0 Å². The van der Waals surface area contributed by atoms with Crippen molar-refractivity contribution >= 4 is 17.9 Å². The molecule has 0 saturated heterocycles. The lowest BCUT2D eigenvalue weighted by atomic mass is 10.1. The van der Waals surface area contributed by atoms with E-state index in [2.05, 4.69) is 19.7 Å². The van der Waals surface area contributed by atoms with Crippen LogP contribution < -0.4 is 0 Å². The Bertz CT molecular complexity index is 319. The third-order valence-electron chi connectivity index (χ3n) is 1.81. The van der Waals surface area contributed by atoms with Gasteiger partial charge in [0.05, 0.1) is 0 Å². The quantitative estimate of drug-likeness (QED) is 0.275. The molecule has 0 aliphatic heterocycles. The molecule has 10 heteroatoms. The van der Waals surface area contributed by atoms with Gasteiger partial charge in [0.15, 0.2) is 0 Å². The molecule has 0 rings (SSSR count). The molecule has 154 valence electrons. The summed E-state index contributed by atoms with van der Waals surface area (Å²) in [6.45, 7) is 9.04. The highest BCUT2D eigenvalue weighted by Gasteiger charge is 2.03. The Morgan fingerprint density at radius 2 is 1.00 bits per heavy atom. The summed E-state index contributed by atoms with van der Waals surface area (Å²) in [5.41, 5.74) is 0. The number of aliphatic hydroxyl groups is 4. The molecule has 0 aromatic heterocycles. The number of carboxylic acid groups (broad SMARTS) is 3. The Labute approximate surface area is 152 Å². The second-order valence-electron chi connectivity index (χ2n) is 3.72. The molecule has 0 aromatic carbocycles. The molecular formula is C16H30O10. The first kappa shape index (κ1) is 34.7. The maximum absolute atomic E-state index is 9.25. The SMILES string of the molecule is C=CC(=O)O.C=CC(=O)O.C=CC(=O)O.CO.OCCCC(CO)CO. The Morgan fingerprint density at radius 1 is 0.769 bits per heavy atom. The van der Waals surface area contributed by atoms with Gasteiger partial charge in [-0.05, 0) is 12.8 Å². The zero-order chi connectivity index (χ0) is 22.0. The molecule has 0 atom stereocenters. The van der Waals surface area contributed by atoms with Gasteiger partial charge in [0, 0.05) is 51.1 Å². The molecule has 0 aliphatic carbocycles. The number of aliphatic carboxylic acids is 3. The molecule has 7 N–H and O–H groups in total. The maximum atomic E-state index is 9.25. The standard InChI is InChI=1S/C6H14O3.3C3H4O2.CH4O/c7-3-1-2-6(4-8)5-9;3*1-2-3(4)5;1-2/h6-9H,1-5H2;3*2H,1H2,(H,4,5);2H,1H3. The lowest BCUT2D eigenvalue weighted by Crippen LogP contribution is -2.11. The Kier molecular flexibility index (Phi) is 45.3. The molecule has 0 spiro atoms. The van der Waals surface area contributed by atoms with Crippen LogP contribution in [0.3, 0.4) is 0 Å². The lowest BCUT2D eigenvalue weighted by molar-refractivity contribution is -0.132. The van der Waals surface area contributed by atoms with Gasteiger partial charge in [0.1, 0.15) is 0 Å². The molecular weight excluding hydrogens is 352 g/mol. The maximum Gasteiger partial charge on any atom is 0.327 e. The molecule has 0 fully saturated rings. The monoisotopic (exact) mass is 382 g/mol. The molecule has 10 nitrogen and oxygen atoms in total. The summed E-state index contributed by atoms with van der Waals surface area (Å²) in [4.78, 5) is 27.8. The molecule has 0 aliphatic rings. The number of aliphatic hydroxyl groups excluding tert-OH is 4. The highest BCUT2D eigenvalue weighted by molar-refractivity contribution is 5.79. The van der Waals surface area contributed by atoms with Crippen LogP contribution >= 0.6 is 0 Å². The molecule has 0 amide bonds. The summed E-state index contributed by atoms with van der Waals surface area (Å²) in [7, 11) is 1.00. The third-order valence-corrected chi connectivity index (χ3v) is 1.81. The fourth-order valence-electron chi connectivity index (χ4n) is 0.620. The van der Waals surface area contributed by atoms with Crippen LogP contribution in [0.4, 0.5) is 0 Å². The summed E-state index contributed by atoms with van der Waals surface area (Å²) in [6, 6.07) is 0. The molecule has 0 aromatic rings. The van der Waals surface area contributed by atoms with Crippen LogP contribution in [-0.2, 0) is 14.4 Å². The molecule has 0 radical (unpaired) electrons. The largest absolute Gasteiger partial charge is 0.478 e. The van der Waals surface area contributed by atoms with E-state index in [9.17, 15) is 14.4 Å². The fraction of sp³-hybridized carbons (Fsp3) is 0.438. The van der Waals surface area contributed by atoms with E-state index in [-0.39, 0.29) is 25.7 Å². The Morgan fingerprint density at radius 3 is 1.12 bits per heavy atom. The van der Waals surface area contributed by atoms with Crippen LogP contribution in [0.15, 0.2) is 38.0 Å². The smallest absolute Gasteiger partial charge is 0.327 e. The first-order valence-corrected chi connectivity index (χ1v) is 6.99. The van der Waals surface area contributed by atoms with Gasteiger partial charge in [-0.15, -0.1) is 0 Å². The summed E-state index contributed by atoms with van der Waals surface area (Å²) in [5.74, 6) is -2.99. The third kappa shape index (κ3) is 68.4. The van der Waals surface area contributed by atoms with E-state index in [1.54, 1.807) is 0 Å². The molecule has 0 heterocycles. The summed E-state index contributed by atoms with van der Waals surface area (Å²) >= 11 is 0. The second-order valence-corrected chi connectivity index (χ2v) is 3.72. The normalized spacial score (nSPS) is 7.62. The average molecular weight is 382 g/mol. The van der Waals surface area contributed by atoms with Gasteiger partial charge in [-0.25, -0.2) is 14.4 Å². The van der Waals surface area contributed by atoms with E-state index in [1.807, 2.05) is 0 Å². The van der Waals surface area contributed by atoms with E-state index in [4.69, 9.17) is 35.7 Å². The molecule has 26 heavy (non-hydrogen) atoms. The van der Waals surface area contributed by atoms with Gasteiger partial charge in [0.2, 0.25) is 0 Å². The van der Waals surface area contributed by atoms with Crippen LogP contribution in [0.5, 0.6) is 0 Å². The van der Waals surface area contributed by atoms with Crippen LogP contribution in [0.25, 0.3) is 0 Å². The lowest BCUT2D eigenvalue weighted by Gasteiger charge is -2.07. The predicted molar refractivity (Wildman–Crippen MR) is 95.6 cm³/mol. The first-order chi connectivity index (χ1) is 12.2. The average Bonchev–Trinajstić information content (AvgIpc) is 2.65. The van der Waals surface area contributed by atoms with Gasteiger partial charge >= 0.3 is 17.9 Å². The van der Waals surface area contributed by atoms with Gasteiger partial charge < -0.3 is 35.7 Å². The van der Waals surface area contributed by atoms with E-state index in [0.717, 1.165) is 25.3 Å². The van der Waals surface area contributed by atoms with Crippen LogP contribution in [0.2, 0.25) is 0 Å². The van der Waals surface area contributed by atoms with E-state index in [1.165, 1.54) is 0 Å². The Hall–Kier alpha value is -2.53. The minimum Gasteiger partial charge on any atom is -0.478 e. The van der Waals surface area contributed by atoms with Gasteiger partial charge in [0.25, 0.3) is 0 Å². The number of carboxylic acids is 3. The molecule has 0 unspecified atom stereocenters. The van der Waals surface area contributed by atoms with Gasteiger partial charge in [-0.1, -0.05) is 19.7 Å². The summed E-state index contributed by atoms with van der Waals surface area (Å²) in [5, 5.41) is 55.2. The van der Waals surface area contributed by atoms with Crippen LogP contribution in [0, 0.1) is 5.92 Å². The minimum atomic E-state index is -0.981. The zero-order valence-corrected chi connectivity index (χ0v) is 14.8. The highest BCUT2D eigenvalue weighted by atomic mass is 16.4. The van der Waals surface area contributed by atoms with Crippen molar-refractivity contribution in [1.82, 2.24) is 0 Å². The van der Waals surface area contributed by atoms with Crippen molar-refractivity contribution in [2.45, 2.75) is 12.8 Å². The van der Waals surface area contributed by atoms with Crippen molar-refractivity contribution in [3.8, 4) is 0 Å². The van der Waals surface area contributed by atoms with E-state index >= 15 is 0 Å². The highest BCUT2D eigenvalue weighted by Crippen LogP contribution is 2.02. The molecule has 0 saturated carbocycles. The van der Waals surface area contributed by atoms with Crippen molar-refractivity contribution in [2.75, 3.05) is 26.9 Å². The number of carbonyl (C=O) groups is 3. The van der Waals surface area contributed by atoms with Gasteiger partial charge in [-0.3, -0.25) is 0 Å². The van der Waals surface area contributed by atoms with Crippen molar-refractivity contribution < 1.29 is 50.1 Å². The zero-order valence-electron chi connectivity index (χ0n) is 14.8. The van der Waals surface area contributed by atoms with Crippen LogP contribution in [0.1, 0.15) is 12.8 Å². The predicted octanol–water partition coefficient (Wildman–Crippen LogP) is -0.261. The van der Waals surface area contributed by atoms with E-state index < -0.39 is 17.9 Å². The fourth-order valence-corrected chi connectivity index (χ4v) is 0.620.